The molecule has 0 radical (unpaired) electrons. The Labute approximate surface area is 120 Å². The highest BCUT2D eigenvalue weighted by Gasteiger charge is 2.23. The van der Waals surface area contributed by atoms with Gasteiger partial charge in [-0.1, -0.05) is 13.8 Å². The van der Waals surface area contributed by atoms with E-state index < -0.39 is 5.97 Å². The molecule has 20 heavy (non-hydrogen) atoms. The van der Waals surface area contributed by atoms with E-state index in [1.807, 2.05) is 6.92 Å². The molecule has 6 heteroatoms. The number of aliphatic carboxylic acids is 1. The second-order valence-electron chi connectivity index (χ2n) is 5.55. The molecule has 0 aromatic carbocycles. The summed E-state index contributed by atoms with van der Waals surface area (Å²) in [6, 6.07) is 0.297. The van der Waals surface area contributed by atoms with Gasteiger partial charge in [0.2, 0.25) is 0 Å². The molecule has 3 N–H and O–H groups in total. The summed E-state index contributed by atoms with van der Waals surface area (Å²) in [5.74, 6) is -0.613. The maximum absolute atomic E-state index is 11.7. The van der Waals surface area contributed by atoms with E-state index in [2.05, 4.69) is 22.5 Å². The second-order valence-corrected chi connectivity index (χ2v) is 5.55. The van der Waals surface area contributed by atoms with Gasteiger partial charge in [0, 0.05) is 25.6 Å². The molecule has 116 valence electrons. The number of hydrogen-bond acceptors (Lipinski definition) is 3. The number of likely N-dealkylation sites (N-methyl/N-ethyl adjacent to an activating group) is 1. The molecule has 2 amide bonds. The van der Waals surface area contributed by atoms with Crippen molar-refractivity contribution in [3.63, 3.8) is 0 Å². The van der Waals surface area contributed by atoms with Crippen molar-refractivity contribution in [2.24, 2.45) is 5.92 Å². The molecule has 1 aliphatic rings. The van der Waals surface area contributed by atoms with Crippen molar-refractivity contribution in [1.82, 2.24) is 15.5 Å². The Hall–Kier alpha value is -1.30. The zero-order chi connectivity index (χ0) is 15.0. The highest BCUT2D eigenvalue weighted by atomic mass is 16.4. The van der Waals surface area contributed by atoms with Crippen molar-refractivity contribution in [3.8, 4) is 0 Å². The van der Waals surface area contributed by atoms with Gasteiger partial charge in [-0.05, 0) is 38.3 Å². The van der Waals surface area contributed by atoms with Crippen LogP contribution in [-0.2, 0) is 4.79 Å². The van der Waals surface area contributed by atoms with E-state index in [1.165, 1.54) is 6.42 Å². The van der Waals surface area contributed by atoms with E-state index in [0.717, 1.165) is 19.5 Å². The lowest BCUT2D eigenvalue weighted by Gasteiger charge is -2.23. The van der Waals surface area contributed by atoms with Crippen molar-refractivity contribution >= 4 is 12.0 Å². The van der Waals surface area contributed by atoms with Crippen molar-refractivity contribution in [2.75, 3.05) is 26.2 Å². The summed E-state index contributed by atoms with van der Waals surface area (Å²) in [4.78, 5) is 24.5. The van der Waals surface area contributed by atoms with Crippen LogP contribution in [0.1, 0.15) is 39.5 Å². The zero-order valence-corrected chi connectivity index (χ0v) is 12.5. The average molecular weight is 285 g/mol. The first-order valence-corrected chi connectivity index (χ1v) is 7.50. The number of amides is 2. The highest BCUT2D eigenvalue weighted by molar-refractivity contribution is 5.73. The number of hydrogen-bond donors (Lipinski definition) is 3. The summed E-state index contributed by atoms with van der Waals surface area (Å²) in [6.45, 7) is 7.43. The van der Waals surface area contributed by atoms with Gasteiger partial charge < -0.3 is 15.7 Å². The molecule has 2 atom stereocenters. The van der Waals surface area contributed by atoms with Crippen LogP contribution in [0.15, 0.2) is 0 Å². The highest BCUT2D eigenvalue weighted by Crippen LogP contribution is 2.15. The molecular formula is C14H27N3O3. The summed E-state index contributed by atoms with van der Waals surface area (Å²) < 4.78 is 0. The Balaban J connectivity index is 2.12. The molecule has 1 fully saturated rings. The Bertz CT molecular complexity index is 323. The molecule has 0 aromatic heterocycles. The minimum absolute atomic E-state index is 0.151. The SMILES string of the molecule is CCN1CCCC1CNC(=O)NCC(C)CCC(=O)O. The Kier molecular flexibility index (Phi) is 7.36. The first-order chi connectivity index (χ1) is 9.52. The molecule has 1 saturated heterocycles. The summed E-state index contributed by atoms with van der Waals surface area (Å²) >= 11 is 0. The van der Waals surface area contributed by atoms with Crippen molar-refractivity contribution in [3.05, 3.63) is 0 Å². The van der Waals surface area contributed by atoms with Crippen LogP contribution >= 0.6 is 0 Å². The Morgan fingerprint density at radius 1 is 1.40 bits per heavy atom. The fourth-order valence-electron chi connectivity index (χ4n) is 2.55. The number of carboxylic acid groups (broad SMARTS) is 1. The van der Waals surface area contributed by atoms with Crippen LogP contribution in [0.25, 0.3) is 0 Å². The molecule has 1 heterocycles. The second kappa shape index (κ2) is 8.79. The van der Waals surface area contributed by atoms with Crippen molar-refractivity contribution < 1.29 is 14.7 Å². The van der Waals surface area contributed by atoms with Crippen LogP contribution in [0.4, 0.5) is 4.79 Å². The summed E-state index contributed by atoms with van der Waals surface area (Å²) in [5, 5.41) is 14.3. The first kappa shape index (κ1) is 16.8. The fraction of sp³-hybridized carbons (Fsp3) is 0.857. The lowest BCUT2D eigenvalue weighted by molar-refractivity contribution is -0.137. The largest absolute Gasteiger partial charge is 0.481 e. The summed E-state index contributed by atoms with van der Waals surface area (Å²) in [7, 11) is 0. The van der Waals surface area contributed by atoms with Crippen LogP contribution in [0.5, 0.6) is 0 Å². The standard InChI is InChI=1S/C14H27N3O3/c1-3-17-8-4-5-12(17)10-16-14(20)15-9-11(2)6-7-13(18)19/h11-12H,3-10H2,1-2H3,(H,18,19)(H2,15,16,20). The van der Waals surface area contributed by atoms with Gasteiger partial charge in [0.1, 0.15) is 0 Å². The van der Waals surface area contributed by atoms with Gasteiger partial charge in [0.25, 0.3) is 0 Å². The predicted octanol–water partition coefficient (Wildman–Crippen LogP) is 1.27. The van der Waals surface area contributed by atoms with E-state index in [-0.39, 0.29) is 18.4 Å². The Morgan fingerprint density at radius 3 is 2.80 bits per heavy atom. The van der Waals surface area contributed by atoms with Gasteiger partial charge >= 0.3 is 12.0 Å². The lowest BCUT2D eigenvalue weighted by Crippen LogP contribution is -2.44. The minimum Gasteiger partial charge on any atom is -0.481 e. The number of likely N-dealkylation sites (tertiary alicyclic amines) is 1. The average Bonchev–Trinajstić information content (AvgIpc) is 2.87. The predicted molar refractivity (Wildman–Crippen MR) is 77.7 cm³/mol. The van der Waals surface area contributed by atoms with Gasteiger partial charge in [-0.3, -0.25) is 9.69 Å². The van der Waals surface area contributed by atoms with E-state index in [1.54, 1.807) is 0 Å². The third kappa shape index (κ3) is 6.23. The molecule has 0 bridgehead atoms. The van der Waals surface area contributed by atoms with Gasteiger partial charge in [-0.15, -0.1) is 0 Å². The topological polar surface area (TPSA) is 81.7 Å². The number of nitrogens with zero attached hydrogens (tertiary/aromatic N) is 1. The maximum Gasteiger partial charge on any atom is 0.314 e. The molecule has 1 rings (SSSR count). The summed E-state index contributed by atoms with van der Waals surface area (Å²) in [6.07, 6.45) is 3.08. The molecular weight excluding hydrogens is 258 g/mol. The number of nitrogens with one attached hydrogen (secondary N) is 2. The molecule has 1 aliphatic heterocycles. The minimum atomic E-state index is -0.790. The van der Waals surface area contributed by atoms with E-state index in [4.69, 9.17) is 5.11 Å². The van der Waals surface area contributed by atoms with Crippen LogP contribution in [0.2, 0.25) is 0 Å². The molecule has 0 saturated carbocycles. The maximum atomic E-state index is 11.7. The van der Waals surface area contributed by atoms with E-state index >= 15 is 0 Å². The Morgan fingerprint density at radius 2 is 2.15 bits per heavy atom. The summed E-state index contributed by atoms with van der Waals surface area (Å²) in [5.41, 5.74) is 0. The molecule has 2 unspecified atom stereocenters. The zero-order valence-electron chi connectivity index (χ0n) is 12.5. The smallest absolute Gasteiger partial charge is 0.314 e. The van der Waals surface area contributed by atoms with Gasteiger partial charge in [0.05, 0.1) is 0 Å². The van der Waals surface area contributed by atoms with Gasteiger partial charge in [0.15, 0.2) is 0 Å². The van der Waals surface area contributed by atoms with Crippen molar-refractivity contribution in [1.29, 1.82) is 0 Å². The van der Waals surface area contributed by atoms with Crippen LogP contribution < -0.4 is 10.6 Å². The van der Waals surface area contributed by atoms with Crippen molar-refractivity contribution in [2.45, 2.75) is 45.6 Å². The monoisotopic (exact) mass is 285 g/mol. The molecule has 6 nitrogen and oxygen atoms in total. The molecule has 0 aliphatic carbocycles. The third-order valence-corrected chi connectivity index (χ3v) is 3.87. The van der Waals surface area contributed by atoms with Gasteiger partial charge in [-0.25, -0.2) is 4.79 Å². The number of urea groups is 1. The molecule has 0 spiro atoms. The third-order valence-electron chi connectivity index (χ3n) is 3.87. The van der Waals surface area contributed by atoms with Crippen LogP contribution in [-0.4, -0.2) is 54.2 Å². The quantitative estimate of drug-likeness (QED) is 0.627. The normalized spacial score (nSPS) is 20.6. The van der Waals surface area contributed by atoms with E-state index in [0.29, 0.717) is 25.6 Å². The lowest BCUT2D eigenvalue weighted by atomic mass is 10.1. The number of carboxylic acids is 1. The van der Waals surface area contributed by atoms with Crippen LogP contribution in [0, 0.1) is 5.92 Å². The van der Waals surface area contributed by atoms with Crippen LogP contribution in [0.3, 0.4) is 0 Å². The van der Waals surface area contributed by atoms with Gasteiger partial charge in [-0.2, -0.15) is 0 Å². The number of carbonyl (C=O) groups excluding carboxylic acids is 1. The number of carbonyl (C=O) groups is 2. The number of rotatable bonds is 8. The first-order valence-electron chi connectivity index (χ1n) is 7.50. The fourth-order valence-corrected chi connectivity index (χ4v) is 2.55. The molecule has 0 aromatic rings. The van der Waals surface area contributed by atoms with E-state index in [9.17, 15) is 9.59 Å².